The summed E-state index contributed by atoms with van der Waals surface area (Å²) in [4.78, 5) is 0. The van der Waals surface area contributed by atoms with Crippen LogP contribution in [-0.4, -0.2) is 7.37 Å². The molecule has 2 aliphatic rings. The van der Waals surface area contributed by atoms with Crippen molar-refractivity contribution in [2.24, 2.45) is 11.8 Å². The van der Waals surface area contributed by atoms with E-state index in [0.717, 1.165) is 0 Å². The number of benzene rings is 2. The minimum absolute atomic E-state index is 0.585. The van der Waals surface area contributed by atoms with Crippen molar-refractivity contribution in [3.8, 4) is 0 Å². The Morgan fingerprint density at radius 2 is 1.00 bits per heavy atom. The first-order valence-electron chi connectivity index (χ1n) is 11.8. The van der Waals surface area contributed by atoms with Gasteiger partial charge in [-0.15, -0.1) is 0 Å². The average Bonchev–Trinajstić information content (AvgIpc) is 3.12. The van der Waals surface area contributed by atoms with Crippen molar-refractivity contribution in [1.82, 2.24) is 0 Å². The van der Waals surface area contributed by atoms with E-state index in [1.54, 1.807) is 44.5 Å². The molecule has 0 aliphatic heterocycles. The molecule has 0 fully saturated rings. The molecule has 2 aromatic rings. The van der Waals surface area contributed by atoms with Crippen molar-refractivity contribution in [1.29, 1.82) is 0 Å². The third-order valence-corrected chi connectivity index (χ3v) is 28.7. The second-order valence-corrected chi connectivity index (χ2v) is 50.2. The van der Waals surface area contributed by atoms with Gasteiger partial charge in [0.15, 0.2) is 0 Å². The molecule has 2 heteroatoms. The van der Waals surface area contributed by atoms with Gasteiger partial charge in [0.1, 0.15) is 0 Å². The molecular formula is C28H39SiZr. The second-order valence-electron chi connectivity index (χ2n) is 11.9. The fraction of sp³-hybridized carbons (Fsp3) is 0.429. The molecule has 2 aromatic carbocycles. The number of rotatable bonds is 4. The predicted octanol–water partition coefficient (Wildman–Crippen LogP) is 7.42. The van der Waals surface area contributed by atoms with Crippen LogP contribution in [0.2, 0.25) is 9.26 Å². The van der Waals surface area contributed by atoms with Crippen molar-refractivity contribution in [2.75, 3.05) is 0 Å². The average molecular weight is 495 g/mol. The summed E-state index contributed by atoms with van der Waals surface area (Å²) in [5, 5.41) is 0. The molecule has 2 aliphatic carbocycles. The van der Waals surface area contributed by atoms with E-state index in [-0.39, 0.29) is 0 Å². The van der Waals surface area contributed by atoms with E-state index in [9.17, 15) is 0 Å². The number of fused-ring (bicyclic) bond motifs is 2. The first-order chi connectivity index (χ1) is 14.0. The van der Waals surface area contributed by atoms with Gasteiger partial charge in [-0.1, -0.05) is 0 Å². The van der Waals surface area contributed by atoms with Crippen molar-refractivity contribution in [3.05, 3.63) is 81.9 Å². The predicted molar refractivity (Wildman–Crippen MR) is 135 cm³/mol. The Balaban J connectivity index is 1.99. The molecule has 0 N–H and O–H groups in total. The van der Waals surface area contributed by atoms with E-state index in [1.165, 1.54) is 7.37 Å². The summed E-state index contributed by atoms with van der Waals surface area (Å²) < 4.78 is 6.95. The molecule has 0 nitrogen and oxygen atoms in total. The topological polar surface area (TPSA) is 0 Å². The maximum absolute atomic E-state index is 3.26. The molecular weight excluding hydrogens is 456 g/mol. The zero-order valence-corrected chi connectivity index (χ0v) is 24.9. The molecule has 30 heavy (non-hydrogen) atoms. The minimum atomic E-state index is -3.26. The van der Waals surface area contributed by atoms with Gasteiger partial charge in [0.2, 0.25) is 0 Å². The standard InChI is InChI=1S/2C13H15.2CH3.H3Si.Zr/c2*1-9(2)13-10(3)8-11-6-4-5-7-12(11)13;;;;/h2*4-9H,1-3H3;3*1H3;. The molecule has 0 spiro atoms. The van der Waals surface area contributed by atoms with Crippen molar-refractivity contribution in [2.45, 2.75) is 58.1 Å². The van der Waals surface area contributed by atoms with Crippen LogP contribution in [0.3, 0.4) is 0 Å². The van der Waals surface area contributed by atoms with Crippen LogP contribution in [0, 0.1) is 11.8 Å². The van der Waals surface area contributed by atoms with E-state index in [0.29, 0.717) is 19.1 Å². The van der Waals surface area contributed by atoms with Crippen LogP contribution in [0.15, 0.2) is 59.7 Å². The van der Waals surface area contributed by atoms with Gasteiger partial charge in [0.05, 0.1) is 0 Å². The molecule has 0 saturated carbocycles. The van der Waals surface area contributed by atoms with Gasteiger partial charge in [0.25, 0.3) is 0 Å². The first-order valence-corrected chi connectivity index (χ1v) is 27.9. The van der Waals surface area contributed by atoms with E-state index >= 15 is 0 Å². The van der Waals surface area contributed by atoms with Crippen LogP contribution in [0.25, 0.3) is 11.1 Å². The number of hydrogen-bond acceptors (Lipinski definition) is 0. The van der Waals surface area contributed by atoms with Crippen LogP contribution in [0.1, 0.15) is 71.0 Å². The molecule has 0 saturated heterocycles. The summed E-state index contributed by atoms with van der Waals surface area (Å²) >= 11 is -3.26. The molecule has 2 atom stereocenters. The van der Waals surface area contributed by atoms with Gasteiger partial charge in [0, 0.05) is 0 Å². The normalized spacial score (nSPS) is 22.7. The van der Waals surface area contributed by atoms with E-state index in [1.807, 2.05) is 0 Å². The van der Waals surface area contributed by atoms with Crippen molar-refractivity contribution < 1.29 is 17.9 Å². The summed E-state index contributed by atoms with van der Waals surface area (Å²) in [6.45, 7) is 14.5. The molecule has 0 bridgehead atoms. The maximum atomic E-state index is 2.80. The van der Waals surface area contributed by atoms with Crippen LogP contribution in [-0.2, 0) is 17.9 Å². The Morgan fingerprint density at radius 1 is 0.667 bits per heavy atom. The molecule has 159 valence electrons. The Bertz CT molecular complexity index is 992. The molecule has 4 rings (SSSR count). The Kier molecular flexibility index (Phi) is 5.39. The summed E-state index contributed by atoms with van der Waals surface area (Å²) in [5.74, 6) is 1.17. The van der Waals surface area contributed by atoms with E-state index in [2.05, 4.69) is 99.3 Å². The molecule has 0 amide bonds. The first kappa shape index (κ1) is 22.2. The molecule has 0 aromatic heterocycles. The van der Waals surface area contributed by atoms with Gasteiger partial charge in [-0.25, -0.2) is 0 Å². The van der Waals surface area contributed by atoms with Crippen LogP contribution in [0.4, 0.5) is 0 Å². The van der Waals surface area contributed by atoms with Crippen LogP contribution in [0.5, 0.6) is 0 Å². The van der Waals surface area contributed by atoms with Gasteiger partial charge >= 0.3 is 188 Å². The SMILES string of the molecule is CC1=C(C(C)C)c2ccccc2[CH]1[Zr]([CH3])([CH3])([SiH3])[CH]1C(C)=C(C(C)C)c2ccccc21. The van der Waals surface area contributed by atoms with Crippen LogP contribution >= 0.6 is 0 Å². The third kappa shape index (κ3) is 3.08. The summed E-state index contributed by atoms with van der Waals surface area (Å²) in [6.07, 6.45) is 0. The molecule has 0 radical (unpaired) electrons. The fourth-order valence-corrected chi connectivity index (χ4v) is 32.3. The Hall–Kier alpha value is -0.980. The Morgan fingerprint density at radius 3 is 1.33 bits per heavy atom. The third-order valence-electron chi connectivity index (χ3n) is 8.06. The fourth-order valence-electron chi connectivity index (χ4n) is 7.55. The quantitative estimate of drug-likeness (QED) is 0.388. The monoisotopic (exact) mass is 493 g/mol. The van der Waals surface area contributed by atoms with Gasteiger partial charge in [-0.05, 0) is 0 Å². The van der Waals surface area contributed by atoms with Gasteiger partial charge in [-0.3, -0.25) is 0 Å². The molecule has 2 unspecified atom stereocenters. The summed E-state index contributed by atoms with van der Waals surface area (Å²) in [5.41, 5.74) is 13.0. The zero-order chi connectivity index (χ0) is 22.0. The summed E-state index contributed by atoms with van der Waals surface area (Å²) in [7, 11) is 1.32. The van der Waals surface area contributed by atoms with E-state index in [4.69, 9.17) is 0 Å². The number of hydrogen-bond donors (Lipinski definition) is 0. The second kappa shape index (κ2) is 7.28. The summed E-state index contributed by atoms with van der Waals surface area (Å²) in [6, 6.07) is 18.7. The van der Waals surface area contributed by atoms with Gasteiger partial charge in [-0.2, -0.15) is 0 Å². The van der Waals surface area contributed by atoms with Gasteiger partial charge < -0.3 is 0 Å². The Labute approximate surface area is 187 Å². The van der Waals surface area contributed by atoms with Crippen LogP contribution < -0.4 is 0 Å². The zero-order valence-electron chi connectivity index (χ0n) is 20.4. The molecule has 0 heterocycles. The van der Waals surface area contributed by atoms with Crippen molar-refractivity contribution >= 4 is 18.5 Å². The van der Waals surface area contributed by atoms with E-state index < -0.39 is 17.9 Å². The van der Waals surface area contributed by atoms with Crippen molar-refractivity contribution in [3.63, 3.8) is 0 Å². The number of allylic oxidation sites excluding steroid dienone is 4.